The second-order valence-corrected chi connectivity index (χ2v) is 7.88. The molecule has 3 N–H and O–H groups in total. The van der Waals surface area contributed by atoms with E-state index in [1.54, 1.807) is 0 Å². The lowest BCUT2D eigenvalue weighted by Crippen LogP contribution is -2.47. The molecule has 30 heavy (non-hydrogen) atoms. The highest BCUT2D eigenvalue weighted by Gasteiger charge is 2.21. The molecule has 174 valence electrons. The molecule has 0 aromatic heterocycles. The number of rotatable bonds is 19. The van der Waals surface area contributed by atoms with Crippen LogP contribution in [0.1, 0.15) is 104 Å². The van der Waals surface area contributed by atoms with E-state index < -0.39 is 6.04 Å². The standard InChI is InChI=1S/C24H45N3O3/c1-4-7-10-11-12-13-14-15-16-23(29)27-21(24(30)26-20-9-6-3)17-18-22(28)25-19-8-5-2/h4,7,21H,5-6,8-20H2,1-3H3,(H,25,28)(H,26,30)(H,27,29)/b7-4+/t21-/m0/s1. The van der Waals surface area contributed by atoms with E-state index in [-0.39, 0.29) is 24.1 Å². The van der Waals surface area contributed by atoms with Gasteiger partial charge in [-0.15, -0.1) is 0 Å². The van der Waals surface area contributed by atoms with Crippen LogP contribution in [0, 0.1) is 0 Å². The van der Waals surface area contributed by atoms with Crippen LogP contribution in [0.2, 0.25) is 0 Å². The van der Waals surface area contributed by atoms with Gasteiger partial charge in [0.15, 0.2) is 0 Å². The van der Waals surface area contributed by atoms with Crippen LogP contribution in [0.25, 0.3) is 0 Å². The van der Waals surface area contributed by atoms with Crippen molar-refractivity contribution in [2.45, 2.75) is 110 Å². The zero-order valence-electron chi connectivity index (χ0n) is 19.6. The highest BCUT2D eigenvalue weighted by molar-refractivity contribution is 5.88. The fraction of sp³-hybridized carbons (Fsp3) is 0.792. The van der Waals surface area contributed by atoms with Gasteiger partial charge in [-0.1, -0.05) is 58.1 Å². The Labute approximate surface area is 184 Å². The molecule has 0 spiro atoms. The maximum Gasteiger partial charge on any atom is 0.242 e. The van der Waals surface area contributed by atoms with Gasteiger partial charge in [0.1, 0.15) is 6.04 Å². The molecule has 0 unspecified atom stereocenters. The third-order valence-electron chi connectivity index (χ3n) is 5.00. The van der Waals surface area contributed by atoms with Gasteiger partial charge in [0.05, 0.1) is 0 Å². The third-order valence-corrected chi connectivity index (χ3v) is 5.00. The molecule has 0 aromatic carbocycles. The number of carbonyl (C=O) groups is 3. The monoisotopic (exact) mass is 423 g/mol. The molecule has 1 atom stereocenters. The molecule has 6 nitrogen and oxygen atoms in total. The molecule has 0 aromatic rings. The van der Waals surface area contributed by atoms with E-state index in [2.05, 4.69) is 41.9 Å². The molecule has 0 rings (SSSR count). The van der Waals surface area contributed by atoms with Gasteiger partial charge in [0.2, 0.25) is 17.7 Å². The number of hydrogen-bond donors (Lipinski definition) is 3. The van der Waals surface area contributed by atoms with Crippen molar-refractivity contribution < 1.29 is 14.4 Å². The van der Waals surface area contributed by atoms with Crippen LogP contribution in [-0.4, -0.2) is 36.9 Å². The highest BCUT2D eigenvalue weighted by atomic mass is 16.2. The fourth-order valence-corrected chi connectivity index (χ4v) is 3.06. The summed E-state index contributed by atoms with van der Waals surface area (Å²) in [6, 6.07) is -0.646. The fourth-order valence-electron chi connectivity index (χ4n) is 3.06. The molecule has 0 saturated carbocycles. The zero-order chi connectivity index (χ0) is 22.5. The summed E-state index contributed by atoms with van der Waals surface area (Å²) in [5.41, 5.74) is 0. The van der Waals surface area contributed by atoms with E-state index >= 15 is 0 Å². The minimum atomic E-state index is -0.646. The van der Waals surface area contributed by atoms with Crippen molar-refractivity contribution in [2.24, 2.45) is 0 Å². The maximum atomic E-state index is 12.5. The largest absolute Gasteiger partial charge is 0.356 e. The molecule has 3 amide bonds. The minimum Gasteiger partial charge on any atom is -0.356 e. The van der Waals surface area contributed by atoms with Crippen molar-refractivity contribution in [1.82, 2.24) is 16.0 Å². The molecule has 0 aliphatic rings. The maximum absolute atomic E-state index is 12.5. The molecule has 6 heteroatoms. The van der Waals surface area contributed by atoms with Crippen LogP contribution < -0.4 is 16.0 Å². The summed E-state index contributed by atoms with van der Waals surface area (Å²) < 4.78 is 0. The van der Waals surface area contributed by atoms with Gasteiger partial charge < -0.3 is 16.0 Å². The Balaban J connectivity index is 4.30. The van der Waals surface area contributed by atoms with Crippen LogP contribution in [0.4, 0.5) is 0 Å². The van der Waals surface area contributed by atoms with E-state index in [1.165, 1.54) is 12.8 Å². The Hall–Kier alpha value is -1.85. The number of amides is 3. The van der Waals surface area contributed by atoms with Crippen molar-refractivity contribution in [3.63, 3.8) is 0 Å². The molecule has 0 saturated heterocycles. The van der Waals surface area contributed by atoms with Crippen LogP contribution in [0.3, 0.4) is 0 Å². The minimum absolute atomic E-state index is 0.0676. The van der Waals surface area contributed by atoms with Gasteiger partial charge in [-0.3, -0.25) is 14.4 Å². The van der Waals surface area contributed by atoms with Crippen molar-refractivity contribution in [2.75, 3.05) is 13.1 Å². The Morgan fingerprint density at radius 2 is 1.40 bits per heavy atom. The molecule has 0 radical (unpaired) electrons. The van der Waals surface area contributed by atoms with E-state index in [9.17, 15) is 14.4 Å². The van der Waals surface area contributed by atoms with Gasteiger partial charge in [-0.25, -0.2) is 0 Å². The topological polar surface area (TPSA) is 87.3 Å². The summed E-state index contributed by atoms with van der Waals surface area (Å²) in [5, 5.41) is 8.58. The summed E-state index contributed by atoms with van der Waals surface area (Å²) >= 11 is 0. The van der Waals surface area contributed by atoms with E-state index in [1.807, 2.05) is 6.92 Å². The summed E-state index contributed by atoms with van der Waals surface area (Å²) in [6.45, 7) is 7.42. The first kappa shape index (κ1) is 28.1. The summed E-state index contributed by atoms with van der Waals surface area (Å²) in [6.07, 6.45) is 15.6. The second-order valence-electron chi connectivity index (χ2n) is 7.88. The van der Waals surface area contributed by atoms with Crippen LogP contribution in [-0.2, 0) is 14.4 Å². The van der Waals surface area contributed by atoms with E-state index in [4.69, 9.17) is 0 Å². The van der Waals surface area contributed by atoms with E-state index in [0.29, 0.717) is 25.9 Å². The number of nitrogens with one attached hydrogen (secondary N) is 3. The smallest absolute Gasteiger partial charge is 0.242 e. The van der Waals surface area contributed by atoms with Crippen molar-refractivity contribution in [3.8, 4) is 0 Å². The van der Waals surface area contributed by atoms with Crippen LogP contribution >= 0.6 is 0 Å². The molecular weight excluding hydrogens is 378 g/mol. The Morgan fingerprint density at radius 1 is 0.767 bits per heavy atom. The lowest BCUT2D eigenvalue weighted by molar-refractivity contribution is -0.129. The Morgan fingerprint density at radius 3 is 2.07 bits per heavy atom. The first-order valence-corrected chi connectivity index (χ1v) is 12.0. The van der Waals surface area contributed by atoms with Crippen LogP contribution in [0.5, 0.6) is 0 Å². The SMILES string of the molecule is C/C=C/CCCCCCCC(=O)N[C@@H](CCC(=O)NCCCC)C(=O)NCCCC. The first-order valence-electron chi connectivity index (χ1n) is 12.0. The Bertz CT molecular complexity index is 492. The lowest BCUT2D eigenvalue weighted by Gasteiger charge is -2.18. The number of allylic oxidation sites excluding steroid dienone is 2. The number of hydrogen-bond acceptors (Lipinski definition) is 3. The molecular formula is C24H45N3O3. The molecule has 0 heterocycles. The predicted molar refractivity (Wildman–Crippen MR) is 124 cm³/mol. The predicted octanol–water partition coefficient (Wildman–Crippen LogP) is 4.39. The number of unbranched alkanes of at least 4 members (excludes halogenated alkanes) is 7. The quantitative estimate of drug-likeness (QED) is 0.213. The first-order chi connectivity index (χ1) is 14.5. The summed E-state index contributed by atoms with van der Waals surface area (Å²) in [4.78, 5) is 36.8. The van der Waals surface area contributed by atoms with Crippen molar-refractivity contribution >= 4 is 17.7 Å². The molecule has 0 aliphatic heterocycles. The average Bonchev–Trinajstić information content (AvgIpc) is 2.73. The summed E-state index contributed by atoms with van der Waals surface area (Å²) in [7, 11) is 0. The molecule has 0 bridgehead atoms. The second kappa shape index (κ2) is 20.4. The zero-order valence-corrected chi connectivity index (χ0v) is 19.6. The lowest BCUT2D eigenvalue weighted by atomic mass is 10.1. The molecule has 0 fully saturated rings. The van der Waals surface area contributed by atoms with E-state index in [0.717, 1.165) is 51.4 Å². The summed E-state index contributed by atoms with van der Waals surface area (Å²) in [5.74, 6) is -0.366. The van der Waals surface area contributed by atoms with Gasteiger partial charge in [-0.05, 0) is 45.4 Å². The van der Waals surface area contributed by atoms with Gasteiger partial charge in [0, 0.05) is 25.9 Å². The Kier molecular flexibility index (Phi) is 19.2. The average molecular weight is 424 g/mol. The third kappa shape index (κ3) is 17.0. The highest BCUT2D eigenvalue weighted by Crippen LogP contribution is 2.08. The van der Waals surface area contributed by atoms with Crippen molar-refractivity contribution in [3.05, 3.63) is 12.2 Å². The van der Waals surface area contributed by atoms with Crippen LogP contribution in [0.15, 0.2) is 12.2 Å². The van der Waals surface area contributed by atoms with Gasteiger partial charge in [-0.2, -0.15) is 0 Å². The van der Waals surface area contributed by atoms with Crippen molar-refractivity contribution in [1.29, 1.82) is 0 Å². The molecule has 0 aliphatic carbocycles. The number of carbonyl (C=O) groups excluding carboxylic acids is 3. The normalized spacial score (nSPS) is 12.0. The van der Waals surface area contributed by atoms with Gasteiger partial charge in [0.25, 0.3) is 0 Å². The van der Waals surface area contributed by atoms with Gasteiger partial charge >= 0.3 is 0 Å².